The minimum absolute atomic E-state index is 0.00912. The van der Waals surface area contributed by atoms with Gasteiger partial charge >= 0.3 is 0 Å². The van der Waals surface area contributed by atoms with E-state index in [1.807, 2.05) is 24.3 Å². The SMILES string of the molecule is CN1CCC(NC(=O)c2ccccc2S)CC1. The first-order valence-corrected chi connectivity index (χ1v) is 6.39. The molecule has 1 heterocycles. The number of benzene rings is 1. The average Bonchev–Trinajstić information content (AvgIpc) is 2.32. The van der Waals surface area contributed by atoms with Gasteiger partial charge in [0.05, 0.1) is 5.56 Å². The van der Waals surface area contributed by atoms with Crippen LogP contribution in [0.1, 0.15) is 23.2 Å². The van der Waals surface area contributed by atoms with Crippen molar-refractivity contribution in [3.05, 3.63) is 29.8 Å². The summed E-state index contributed by atoms with van der Waals surface area (Å²) in [4.78, 5) is 15.1. The number of carbonyl (C=O) groups is 1. The Morgan fingerprint density at radius 3 is 2.65 bits per heavy atom. The second-order valence-corrected chi connectivity index (χ2v) is 5.05. The maximum absolute atomic E-state index is 12.0. The molecule has 0 aromatic heterocycles. The fourth-order valence-corrected chi connectivity index (χ4v) is 2.34. The Labute approximate surface area is 108 Å². The van der Waals surface area contributed by atoms with Crippen LogP contribution in [0.15, 0.2) is 29.2 Å². The third-order valence-corrected chi connectivity index (χ3v) is 3.59. The number of nitrogens with one attached hydrogen (secondary N) is 1. The molecule has 1 aliphatic heterocycles. The van der Waals surface area contributed by atoms with Gasteiger partial charge in [0, 0.05) is 10.9 Å². The molecule has 1 N–H and O–H groups in total. The summed E-state index contributed by atoms with van der Waals surface area (Å²) in [7, 11) is 2.11. The van der Waals surface area contributed by atoms with Crippen LogP contribution < -0.4 is 5.32 Å². The molecule has 4 heteroatoms. The zero-order chi connectivity index (χ0) is 12.3. The van der Waals surface area contributed by atoms with E-state index in [4.69, 9.17) is 0 Å². The summed E-state index contributed by atoms with van der Waals surface area (Å²) in [5, 5.41) is 3.08. The molecule has 0 unspecified atom stereocenters. The Balaban J connectivity index is 1.96. The molecule has 1 aliphatic rings. The van der Waals surface area contributed by atoms with Gasteiger partial charge in [0.15, 0.2) is 0 Å². The summed E-state index contributed by atoms with van der Waals surface area (Å²) >= 11 is 4.30. The van der Waals surface area contributed by atoms with Crippen molar-refractivity contribution in [1.29, 1.82) is 0 Å². The molecule has 0 bridgehead atoms. The lowest BCUT2D eigenvalue weighted by Gasteiger charge is -2.29. The Morgan fingerprint density at radius 2 is 2.00 bits per heavy atom. The summed E-state index contributed by atoms with van der Waals surface area (Å²) < 4.78 is 0. The van der Waals surface area contributed by atoms with Gasteiger partial charge < -0.3 is 10.2 Å². The van der Waals surface area contributed by atoms with E-state index >= 15 is 0 Å². The first-order valence-electron chi connectivity index (χ1n) is 5.94. The van der Waals surface area contributed by atoms with Crippen molar-refractivity contribution < 1.29 is 4.79 Å². The van der Waals surface area contributed by atoms with Crippen LogP contribution in [-0.2, 0) is 0 Å². The topological polar surface area (TPSA) is 32.3 Å². The number of carbonyl (C=O) groups excluding carboxylic acids is 1. The Hall–Kier alpha value is -1.00. The standard InChI is InChI=1S/C13H18N2OS/c1-15-8-6-10(7-9-15)14-13(16)11-4-2-3-5-12(11)17/h2-5,10,17H,6-9H2,1H3,(H,14,16). The van der Waals surface area contributed by atoms with Crippen LogP contribution in [0.5, 0.6) is 0 Å². The Morgan fingerprint density at radius 1 is 1.35 bits per heavy atom. The van der Waals surface area contributed by atoms with Crippen molar-refractivity contribution in [2.75, 3.05) is 20.1 Å². The van der Waals surface area contributed by atoms with Crippen LogP contribution in [-0.4, -0.2) is 37.0 Å². The summed E-state index contributed by atoms with van der Waals surface area (Å²) in [6.07, 6.45) is 2.05. The van der Waals surface area contributed by atoms with Crippen LogP contribution in [0.2, 0.25) is 0 Å². The average molecular weight is 250 g/mol. The molecule has 0 radical (unpaired) electrons. The van der Waals surface area contributed by atoms with Gasteiger partial charge in [0.2, 0.25) is 0 Å². The van der Waals surface area contributed by atoms with Gasteiger partial charge in [-0.05, 0) is 45.1 Å². The van der Waals surface area contributed by atoms with Crippen molar-refractivity contribution >= 4 is 18.5 Å². The van der Waals surface area contributed by atoms with E-state index in [-0.39, 0.29) is 5.91 Å². The van der Waals surface area contributed by atoms with E-state index in [0.29, 0.717) is 11.6 Å². The molecule has 1 amide bonds. The second-order valence-electron chi connectivity index (χ2n) is 4.57. The zero-order valence-electron chi connectivity index (χ0n) is 10.0. The number of likely N-dealkylation sites (tertiary alicyclic amines) is 1. The maximum Gasteiger partial charge on any atom is 0.252 e. The first-order chi connectivity index (χ1) is 8.16. The van der Waals surface area contributed by atoms with E-state index in [9.17, 15) is 4.79 Å². The zero-order valence-corrected chi connectivity index (χ0v) is 10.9. The molecule has 0 aliphatic carbocycles. The van der Waals surface area contributed by atoms with Gasteiger partial charge in [-0.25, -0.2) is 0 Å². The third kappa shape index (κ3) is 3.23. The summed E-state index contributed by atoms with van der Waals surface area (Å²) in [5.74, 6) is -0.00912. The smallest absolute Gasteiger partial charge is 0.252 e. The maximum atomic E-state index is 12.0. The molecule has 0 saturated carbocycles. The summed E-state index contributed by atoms with van der Waals surface area (Å²) in [6, 6.07) is 7.70. The minimum atomic E-state index is -0.00912. The molecule has 3 nitrogen and oxygen atoms in total. The van der Waals surface area contributed by atoms with Crippen LogP contribution >= 0.6 is 12.6 Å². The number of amides is 1. The molecule has 1 saturated heterocycles. The lowest BCUT2D eigenvalue weighted by atomic mass is 10.0. The van der Waals surface area contributed by atoms with E-state index in [2.05, 4.69) is 29.9 Å². The molecule has 1 aromatic rings. The molecule has 92 valence electrons. The number of hydrogen-bond acceptors (Lipinski definition) is 3. The monoisotopic (exact) mass is 250 g/mol. The van der Waals surface area contributed by atoms with E-state index in [1.165, 1.54) is 0 Å². The van der Waals surface area contributed by atoms with Gasteiger partial charge in [-0.1, -0.05) is 12.1 Å². The summed E-state index contributed by atoms with van der Waals surface area (Å²) in [6.45, 7) is 2.10. The van der Waals surface area contributed by atoms with Gasteiger partial charge in [0.1, 0.15) is 0 Å². The molecule has 2 rings (SSSR count). The minimum Gasteiger partial charge on any atom is -0.349 e. The first kappa shape index (κ1) is 12.5. The quantitative estimate of drug-likeness (QED) is 0.785. The normalized spacial score (nSPS) is 18.0. The number of rotatable bonds is 2. The van der Waals surface area contributed by atoms with Gasteiger partial charge in [-0.2, -0.15) is 0 Å². The van der Waals surface area contributed by atoms with E-state index in [1.54, 1.807) is 0 Å². The fourth-order valence-electron chi connectivity index (χ4n) is 2.08. The molecule has 1 aromatic carbocycles. The molecular weight excluding hydrogens is 232 g/mol. The fraction of sp³-hybridized carbons (Fsp3) is 0.462. The van der Waals surface area contributed by atoms with Crippen molar-refractivity contribution in [2.45, 2.75) is 23.8 Å². The van der Waals surface area contributed by atoms with Gasteiger partial charge in [0.25, 0.3) is 5.91 Å². The Kier molecular flexibility index (Phi) is 4.07. The highest BCUT2D eigenvalue weighted by Crippen LogP contribution is 2.14. The highest BCUT2D eigenvalue weighted by Gasteiger charge is 2.19. The molecular formula is C13H18N2OS. The lowest BCUT2D eigenvalue weighted by molar-refractivity contribution is 0.0914. The van der Waals surface area contributed by atoms with Crippen LogP contribution in [0.3, 0.4) is 0 Å². The number of nitrogens with zero attached hydrogens (tertiary/aromatic N) is 1. The molecule has 0 spiro atoms. The number of thiol groups is 1. The van der Waals surface area contributed by atoms with Crippen LogP contribution in [0.25, 0.3) is 0 Å². The molecule has 0 atom stereocenters. The van der Waals surface area contributed by atoms with Crippen molar-refractivity contribution in [3.8, 4) is 0 Å². The number of piperidine rings is 1. The van der Waals surface area contributed by atoms with Gasteiger partial charge in [-0.15, -0.1) is 12.6 Å². The largest absolute Gasteiger partial charge is 0.349 e. The molecule has 1 fully saturated rings. The highest BCUT2D eigenvalue weighted by molar-refractivity contribution is 7.80. The Bertz CT molecular complexity index is 400. The van der Waals surface area contributed by atoms with Crippen molar-refractivity contribution in [1.82, 2.24) is 10.2 Å². The molecule has 17 heavy (non-hydrogen) atoms. The van der Waals surface area contributed by atoms with Crippen molar-refractivity contribution in [2.24, 2.45) is 0 Å². The third-order valence-electron chi connectivity index (χ3n) is 3.20. The predicted octanol–water partition coefficient (Wildman–Crippen LogP) is 1.80. The van der Waals surface area contributed by atoms with Gasteiger partial charge in [-0.3, -0.25) is 4.79 Å². The summed E-state index contributed by atoms with van der Waals surface area (Å²) in [5.41, 5.74) is 0.662. The lowest BCUT2D eigenvalue weighted by Crippen LogP contribution is -2.43. The number of hydrogen-bond donors (Lipinski definition) is 2. The van der Waals surface area contributed by atoms with E-state index < -0.39 is 0 Å². The van der Waals surface area contributed by atoms with Crippen LogP contribution in [0, 0.1) is 0 Å². The van der Waals surface area contributed by atoms with Crippen LogP contribution in [0.4, 0.5) is 0 Å². The predicted molar refractivity (Wildman–Crippen MR) is 71.7 cm³/mol. The van der Waals surface area contributed by atoms with Crippen molar-refractivity contribution in [3.63, 3.8) is 0 Å². The highest BCUT2D eigenvalue weighted by atomic mass is 32.1. The second kappa shape index (κ2) is 5.56. The van der Waals surface area contributed by atoms with E-state index in [0.717, 1.165) is 30.8 Å².